The minimum absolute atomic E-state index is 0.190. The predicted octanol–water partition coefficient (Wildman–Crippen LogP) is 3.33. The third kappa shape index (κ3) is 5.82. The second kappa shape index (κ2) is 9.67. The van der Waals surface area contributed by atoms with E-state index in [1.54, 1.807) is 7.11 Å². The highest BCUT2D eigenvalue weighted by atomic mass is 16.5. The molecule has 24 heavy (non-hydrogen) atoms. The first-order chi connectivity index (χ1) is 11.6. The lowest BCUT2D eigenvalue weighted by Gasteiger charge is -2.28. The zero-order valence-corrected chi connectivity index (χ0v) is 15.3. The zero-order valence-electron chi connectivity index (χ0n) is 15.3. The molecule has 1 aromatic carbocycles. The van der Waals surface area contributed by atoms with Crippen LogP contribution < -0.4 is 15.4 Å². The number of piperidine rings is 1. The fourth-order valence-corrected chi connectivity index (χ4v) is 3.42. The van der Waals surface area contributed by atoms with Crippen molar-refractivity contribution < 1.29 is 9.53 Å². The van der Waals surface area contributed by atoms with Crippen LogP contribution in [0.4, 0.5) is 0 Å². The molecule has 2 rings (SSSR count). The number of amides is 1. The van der Waals surface area contributed by atoms with Crippen molar-refractivity contribution >= 4 is 5.91 Å². The number of hydrogen-bond acceptors (Lipinski definition) is 3. The Labute approximate surface area is 146 Å². The number of methoxy groups -OCH3 is 1. The van der Waals surface area contributed by atoms with Crippen molar-refractivity contribution in [2.75, 3.05) is 26.7 Å². The largest absolute Gasteiger partial charge is 0.497 e. The molecule has 1 aliphatic rings. The van der Waals surface area contributed by atoms with E-state index in [0.29, 0.717) is 24.2 Å². The maximum atomic E-state index is 12.1. The summed E-state index contributed by atoms with van der Waals surface area (Å²) < 4.78 is 5.19. The minimum Gasteiger partial charge on any atom is -0.497 e. The third-order valence-corrected chi connectivity index (χ3v) is 5.23. The van der Waals surface area contributed by atoms with Gasteiger partial charge in [0, 0.05) is 13.0 Å². The summed E-state index contributed by atoms with van der Waals surface area (Å²) in [5.41, 5.74) is 1.28. The van der Waals surface area contributed by atoms with E-state index >= 15 is 0 Å². The van der Waals surface area contributed by atoms with Gasteiger partial charge in [0.05, 0.1) is 7.11 Å². The van der Waals surface area contributed by atoms with E-state index < -0.39 is 0 Å². The van der Waals surface area contributed by atoms with Gasteiger partial charge in [0.1, 0.15) is 5.75 Å². The topological polar surface area (TPSA) is 50.4 Å². The summed E-state index contributed by atoms with van der Waals surface area (Å²) in [5.74, 6) is 2.59. The van der Waals surface area contributed by atoms with Gasteiger partial charge in [-0.15, -0.1) is 0 Å². The van der Waals surface area contributed by atoms with Crippen molar-refractivity contribution in [3.8, 4) is 5.75 Å². The van der Waals surface area contributed by atoms with Crippen LogP contribution in [0.5, 0.6) is 5.75 Å². The van der Waals surface area contributed by atoms with Crippen LogP contribution in [0.15, 0.2) is 24.3 Å². The maximum absolute atomic E-state index is 12.1. The normalized spacial score (nSPS) is 20.2. The van der Waals surface area contributed by atoms with E-state index in [0.717, 1.165) is 31.8 Å². The third-order valence-electron chi connectivity index (χ3n) is 5.23. The van der Waals surface area contributed by atoms with Crippen LogP contribution >= 0.6 is 0 Å². The van der Waals surface area contributed by atoms with E-state index in [4.69, 9.17) is 4.74 Å². The standard InChI is InChI=1S/C20H32N2O2/c1-15(17-6-8-19(24-3)9-7-17)10-12-22-20(23)13-16(2)18-5-4-11-21-14-18/h6-9,15-16,18,21H,4-5,10-14H2,1-3H3,(H,22,23). The van der Waals surface area contributed by atoms with Crippen molar-refractivity contribution in [3.63, 3.8) is 0 Å². The molecular formula is C20H32N2O2. The minimum atomic E-state index is 0.190. The molecule has 0 bridgehead atoms. The molecule has 1 heterocycles. The molecule has 0 aromatic heterocycles. The fourth-order valence-electron chi connectivity index (χ4n) is 3.42. The molecule has 3 atom stereocenters. The lowest BCUT2D eigenvalue weighted by atomic mass is 9.85. The number of hydrogen-bond donors (Lipinski definition) is 2. The Morgan fingerprint density at radius 2 is 2.08 bits per heavy atom. The lowest BCUT2D eigenvalue weighted by Crippen LogP contribution is -2.35. The molecule has 1 amide bonds. The van der Waals surface area contributed by atoms with Crippen LogP contribution in [0.1, 0.15) is 51.0 Å². The number of carbonyl (C=O) groups is 1. The van der Waals surface area contributed by atoms with Crippen LogP contribution in [-0.4, -0.2) is 32.7 Å². The van der Waals surface area contributed by atoms with Crippen molar-refractivity contribution in [3.05, 3.63) is 29.8 Å². The molecule has 1 aromatic rings. The highest BCUT2D eigenvalue weighted by Crippen LogP contribution is 2.23. The van der Waals surface area contributed by atoms with Crippen molar-refractivity contribution in [2.45, 2.75) is 45.4 Å². The quantitative estimate of drug-likeness (QED) is 0.768. The van der Waals surface area contributed by atoms with Crippen LogP contribution in [0.3, 0.4) is 0 Å². The molecule has 4 heteroatoms. The van der Waals surface area contributed by atoms with Gasteiger partial charge >= 0.3 is 0 Å². The Bertz CT molecular complexity index is 495. The van der Waals surface area contributed by atoms with E-state index in [9.17, 15) is 4.79 Å². The van der Waals surface area contributed by atoms with Gasteiger partial charge in [0.15, 0.2) is 0 Å². The van der Waals surface area contributed by atoms with Gasteiger partial charge in [-0.3, -0.25) is 4.79 Å². The SMILES string of the molecule is COc1ccc(C(C)CCNC(=O)CC(C)C2CCCNC2)cc1. The van der Waals surface area contributed by atoms with Gasteiger partial charge in [-0.2, -0.15) is 0 Å². The summed E-state index contributed by atoms with van der Waals surface area (Å²) in [6.07, 6.45) is 4.08. The zero-order chi connectivity index (χ0) is 17.4. The average Bonchev–Trinajstić information content (AvgIpc) is 2.62. The molecule has 1 saturated heterocycles. The first kappa shape index (κ1) is 18.8. The number of benzene rings is 1. The second-order valence-electron chi connectivity index (χ2n) is 7.10. The summed E-state index contributed by atoms with van der Waals surface area (Å²) in [6, 6.07) is 8.18. The van der Waals surface area contributed by atoms with Gasteiger partial charge in [-0.05, 0) is 67.8 Å². The Kier molecular flexibility index (Phi) is 7.57. The Hall–Kier alpha value is -1.55. The molecule has 1 fully saturated rings. The number of rotatable bonds is 8. The monoisotopic (exact) mass is 332 g/mol. The van der Waals surface area contributed by atoms with E-state index in [1.807, 2.05) is 12.1 Å². The predicted molar refractivity (Wildman–Crippen MR) is 98.4 cm³/mol. The highest BCUT2D eigenvalue weighted by Gasteiger charge is 2.21. The summed E-state index contributed by atoms with van der Waals surface area (Å²) in [6.45, 7) is 7.32. The Morgan fingerprint density at radius 1 is 1.33 bits per heavy atom. The molecule has 0 spiro atoms. The lowest BCUT2D eigenvalue weighted by molar-refractivity contribution is -0.122. The van der Waals surface area contributed by atoms with E-state index in [-0.39, 0.29) is 5.91 Å². The summed E-state index contributed by atoms with van der Waals surface area (Å²) in [5, 5.41) is 6.52. The number of ether oxygens (including phenoxy) is 1. The summed E-state index contributed by atoms with van der Waals surface area (Å²) >= 11 is 0. The van der Waals surface area contributed by atoms with Gasteiger partial charge in [-0.25, -0.2) is 0 Å². The fraction of sp³-hybridized carbons (Fsp3) is 0.650. The van der Waals surface area contributed by atoms with Crippen LogP contribution in [0.25, 0.3) is 0 Å². The molecule has 134 valence electrons. The molecule has 0 saturated carbocycles. The molecular weight excluding hydrogens is 300 g/mol. The molecule has 0 radical (unpaired) electrons. The van der Waals surface area contributed by atoms with Crippen molar-refractivity contribution in [1.82, 2.24) is 10.6 Å². The molecule has 2 N–H and O–H groups in total. The summed E-state index contributed by atoms with van der Waals surface area (Å²) in [4.78, 5) is 12.1. The van der Waals surface area contributed by atoms with Crippen molar-refractivity contribution in [1.29, 1.82) is 0 Å². The van der Waals surface area contributed by atoms with Crippen molar-refractivity contribution in [2.24, 2.45) is 11.8 Å². The maximum Gasteiger partial charge on any atom is 0.220 e. The first-order valence-corrected chi connectivity index (χ1v) is 9.21. The Balaban J connectivity index is 1.67. The molecule has 4 nitrogen and oxygen atoms in total. The second-order valence-corrected chi connectivity index (χ2v) is 7.10. The van der Waals surface area contributed by atoms with Gasteiger partial charge in [0.25, 0.3) is 0 Å². The average molecular weight is 332 g/mol. The smallest absolute Gasteiger partial charge is 0.220 e. The van der Waals surface area contributed by atoms with Gasteiger partial charge < -0.3 is 15.4 Å². The number of carbonyl (C=O) groups excluding carboxylic acids is 1. The first-order valence-electron chi connectivity index (χ1n) is 9.21. The molecule has 3 unspecified atom stereocenters. The van der Waals surface area contributed by atoms with Crippen LogP contribution in [0.2, 0.25) is 0 Å². The number of nitrogens with one attached hydrogen (secondary N) is 2. The van der Waals surface area contributed by atoms with Gasteiger partial charge in [0.2, 0.25) is 5.91 Å². The molecule has 0 aliphatic carbocycles. The van der Waals surface area contributed by atoms with Crippen LogP contribution in [0, 0.1) is 11.8 Å². The molecule has 1 aliphatic heterocycles. The van der Waals surface area contributed by atoms with E-state index in [2.05, 4.69) is 36.6 Å². The Morgan fingerprint density at radius 3 is 2.71 bits per heavy atom. The van der Waals surface area contributed by atoms with Gasteiger partial charge in [-0.1, -0.05) is 26.0 Å². The van der Waals surface area contributed by atoms with E-state index in [1.165, 1.54) is 18.4 Å². The highest BCUT2D eigenvalue weighted by molar-refractivity contribution is 5.76. The van der Waals surface area contributed by atoms with Crippen LogP contribution in [-0.2, 0) is 4.79 Å². The summed E-state index contributed by atoms with van der Waals surface area (Å²) in [7, 11) is 1.68.